The Morgan fingerprint density at radius 3 is 2.78 bits per heavy atom. The maximum absolute atomic E-state index is 13.1. The van der Waals surface area contributed by atoms with Crippen LogP contribution in [0.25, 0.3) is 11.3 Å². The van der Waals surface area contributed by atoms with E-state index in [1.807, 2.05) is 41.7 Å². The maximum Gasteiger partial charge on any atom is 0.210 e. The summed E-state index contributed by atoms with van der Waals surface area (Å²) in [5.74, 6) is -0.215. The van der Waals surface area contributed by atoms with Gasteiger partial charge in [-0.3, -0.25) is 4.79 Å². The van der Waals surface area contributed by atoms with Gasteiger partial charge in [-0.05, 0) is 42.5 Å². The molecule has 0 spiro atoms. The van der Waals surface area contributed by atoms with Gasteiger partial charge >= 0.3 is 0 Å². The molecule has 138 valence electrons. The van der Waals surface area contributed by atoms with Crippen LogP contribution in [0.4, 0.5) is 4.39 Å². The minimum atomic E-state index is -0.215. The van der Waals surface area contributed by atoms with Gasteiger partial charge < -0.3 is 9.47 Å². The van der Waals surface area contributed by atoms with Crippen LogP contribution >= 0.6 is 0 Å². The van der Waals surface area contributed by atoms with Crippen molar-refractivity contribution in [2.24, 2.45) is 0 Å². The maximum atomic E-state index is 13.1. The monoisotopic (exact) mass is 363 g/mol. The van der Waals surface area contributed by atoms with Gasteiger partial charge in [0.1, 0.15) is 5.82 Å². The van der Waals surface area contributed by atoms with Crippen LogP contribution < -0.4 is 0 Å². The highest BCUT2D eigenvalue weighted by Gasteiger charge is 2.27. The molecule has 3 aromatic rings. The quantitative estimate of drug-likeness (QED) is 0.615. The number of amides is 1. The SMILES string of the molecule is O=CN1CCCC1c1ccccc1-c1cncn1CCc1ccc(F)cc1. The van der Waals surface area contributed by atoms with E-state index < -0.39 is 0 Å². The summed E-state index contributed by atoms with van der Waals surface area (Å²) in [7, 11) is 0. The molecule has 4 rings (SSSR count). The van der Waals surface area contributed by atoms with Crippen molar-refractivity contribution in [3.63, 3.8) is 0 Å². The Labute approximate surface area is 158 Å². The van der Waals surface area contributed by atoms with E-state index in [2.05, 4.69) is 21.7 Å². The third kappa shape index (κ3) is 3.63. The summed E-state index contributed by atoms with van der Waals surface area (Å²) in [6.07, 6.45) is 7.49. The Morgan fingerprint density at radius 2 is 1.96 bits per heavy atom. The molecule has 0 N–H and O–H groups in total. The minimum Gasteiger partial charge on any atom is -0.338 e. The lowest BCUT2D eigenvalue weighted by molar-refractivity contribution is -0.118. The highest BCUT2D eigenvalue weighted by atomic mass is 19.1. The first-order chi connectivity index (χ1) is 13.3. The highest BCUT2D eigenvalue weighted by molar-refractivity contribution is 5.65. The van der Waals surface area contributed by atoms with Crippen LogP contribution in [0.5, 0.6) is 0 Å². The van der Waals surface area contributed by atoms with Gasteiger partial charge in [-0.2, -0.15) is 0 Å². The molecule has 0 bridgehead atoms. The van der Waals surface area contributed by atoms with Crippen LogP contribution in [-0.4, -0.2) is 27.4 Å². The number of hydrogen-bond acceptors (Lipinski definition) is 2. The summed E-state index contributed by atoms with van der Waals surface area (Å²) >= 11 is 0. The average molecular weight is 363 g/mol. The Morgan fingerprint density at radius 1 is 1.15 bits per heavy atom. The van der Waals surface area contributed by atoms with Crippen LogP contribution in [0.2, 0.25) is 0 Å². The number of aromatic nitrogens is 2. The van der Waals surface area contributed by atoms with Gasteiger partial charge in [0.2, 0.25) is 6.41 Å². The fourth-order valence-electron chi connectivity index (χ4n) is 3.89. The van der Waals surface area contributed by atoms with E-state index >= 15 is 0 Å². The number of nitrogens with zero attached hydrogens (tertiary/aromatic N) is 3. The molecule has 0 aliphatic carbocycles. The Kier molecular flexibility index (Phi) is 5.01. The first-order valence-electron chi connectivity index (χ1n) is 9.31. The van der Waals surface area contributed by atoms with Crippen LogP contribution in [0.3, 0.4) is 0 Å². The topological polar surface area (TPSA) is 38.1 Å². The molecule has 2 aromatic carbocycles. The number of aryl methyl sites for hydroxylation is 2. The van der Waals surface area contributed by atoms with Crippen molar-refractivity contribution in [2.75, 3.05) is 6.54 Å². The van der Waals surface area contributed by atoms with E-state index in [-0.39, 0.29) is 11.9 Å². The Bertz CT molecular complexity index is 919. The molecule has 1 aliphatic heterocycles. The molecule has 27 heavy (non-hydrogen) atoms. The first-order valence-corrected chi connectivity index (χ1v) is 9.31. The van der Waals surface area contributed by atoms with Gasteiger partial charge in [0.25, 0.3) is 0 Å². The number of likely N-dealkylation sites (tertiary alicyclic amines) is 1. The van der Waals surface area contributed by atoms with E-state index in [4.69, 9.17) is 0 Å². The van der Waals surface area contributed by atoms with Gasteiger partial charge in [0.15, 0.2) is 0 Å². The van der Waals surface area contributed by atoms with Crippen molar-refractivity contribution in [2.45, 2.75) is 31.8 Å². The Hall–Kier alpha value is -2.95. The molecule has 1 atom stereocenters. The first kappa shape index (κ1) is 17.5. The molecule has 4 nitrogen and oxygen atoms in total. The van der Waals surface area contributed by atoms with Gasteiger partial charge in [-0.1, -0.05) is 36.4 Å². The zero-order valence-corrected chi connectivity index (χ0v) is 15.1. The molecular weight excluding hydrogens is 341 g/mol. The summed E-state index contributed by atoms with van der Waals surface area (Å²) in [6, 6.07) is 15.0. The molecule has 0 radical (unpaired) electrons. The van der Waals surface area contributed by atoms with E-state index in [0.29, 0.717) is 0 Å². The van der Waals surface area contributed by atoms with Crippen LogP contribution in [0, 0.1) is 5.82 Å². The van der Waals surface area contributed by atoms with E-state index in [0.717, 1.165) is 55.6 Å². The fraction of sp³-hybridized carbons (Fsp3) is 0.273. The second kappa shape index (κ2) is 7.74. The number of hydrogen-bond donors (Lipinski definition) is 0. The second-order valence-electron chi connectivity index (χ2n) is 6.94. The zero-order chi connectivity index (χ0) is 18.6. The normalized spacial score (nSPS) is 16.6. The minimum absolute atomic E-state index is 0.124. The lowest BCUT2D eigenvalue weighted by atomic mass is 9.96. The van der Waals surface area contributed by atoms with E-state index in [1.165, 1.54) is 17.7 Å². The molecular formula is C22H22FN3O. The van der Waals surface area contributed by atoms with Crippen molar-refractivity contribution in [3.05, 3.63) is 78.0 Å². The molecule has 5 heteroatoms. The van der Waals surface area contributed by atoms with Gasteiger partial charge in [-0.15, -0.1) is 0 Å². The zero-order valence-electron chi connectivity index (χ0n) is 15.1. The summed E-state index contributed by atoms with van der Waals surface area (Å²) in [5.41, 5.74) is 4.43. The van der Waals surface area contributed by atoms with Crippen LogP contribution in [-0.2, 0) is 17.8 Å². The van der Waals surface area contributed by atoms with Crippen molar-refractivity contribution in [3.8, 4) is 11.3 Å². The lowest BCUT2D eigenvalue weighted by Gasteiger charge is -2.23. The fourth-order valence-corrected chi connectivity index (χ4v) is 3.89. The number of halogens is 1. The largest absolute Gasteiger partial charge is 0.338 e. The van der Waals surface area contributed by atoms with Crippen LogP contribution in [0.1, 0.15) is 30.0 Å². The predicted molar refractivity (Wildman–Crippen MR) is 103 cm³/mol. The van der Waals surface area contributed by atoms with Crippen molar-refractivity contribution >= 4 is 6.41 Å². The number of benzene rings is 2. The van der Waals surface area contributed by atoms with Gasteiger partial charge in [-0.25, -0.2) is 9.37 Å². The summed E-state index contributed by atoms with van der Waals surface area (Å²) in [4.78, 5) is 17.7. The van der Waals surface area contributed by atoms with Gasteiger partial charge in [0.05, 0.1) is 24.3 Å². The Balaban J connectivity index is 1.61. The van der Waals surface area contributed by atoms with E-state index in [9.17, 15) is 9.18 Å². The third-order valence-electron chi connectivity index (χ3n) is 5.29. The number of carbonyl (C=O) groups is 1. The summed E-state index contributed by atoms with van der Waals surface area (Å²) < 4.78 is 15.2. The summed E-state index contributed by atoms with van der Waals surface area (Å²) in [6.45, 7) is 1.57. The number of imidazole rings is 1. The lowest BCUT2D eigenvalue weighted by Crippen LogP contribution is -2.21. The molecule has 1 fully saturated rings. The number of carbonyl (C=O) groups excluding carboxylic acids is 1. The molecule has 2 heterocycles. The number of rotatable bonds is 6. The molecule has 0 saturated carbocycles. The molecule has 1 saturated heterocycles. The summed E-state index contributed by atoms with van der Waals surface area (Å²) in [5, 5.41) is 0. The average Bonchev–Trinajstić information content (AvgIpc) is 3.36. The molecule has 1 amide bonds. The highest BCUT2D eigenvalue weighted by Crippen LogP contribution is 2.36. The van der Waals surface area contributed by atoms with Crippen molar-refractivity contribution in [1.29, 1.82) is 0 Å². The van der Waals surface area contributed by atoms with Crippen molar-refractivity contribution in [1.82, 2.24) is 14.5 Å². The van der Waals surface area contributed by atoms with Crippen LogP contribution in [0.15, 0.2) is 61.1 Å². The third-order valence-corrected chi connectivity index (χ3v) is 5.29. The standard InChI is InChI=1S/C22H22FN3O/c23-18-9-7-17(8-10-18)11-13-25-15-24-14-22(25)20-5-2-1-4-19(20)21-6-3-12-26(21)16-27/h1-2,4-5,7-10,14-16,21H,3,6,11-13H2. The predicted octanol–water partition coefficient (Wildman–Crippen LogP) is 4.23. The molecule has 1 unspecified atom stereocenters. The van der Waals surface area contributed by atoms with Crippen molar-refractivity contribution < 1.29 is 9.18 Å². The molecule has 1 aliphatic rings. The molecule has 1 aromatic heterocycles. The smallest absolute Gasteiger partial charge is 0.210 e. The van der Waals surface area contributed by atoms with E-state index in [1.54, 1.807) is 0 Å². The van der Waals surface area contributed by atoms with Gasteiger partial charge in [0, 0.05) is 18.7 Å². The second-order valence-corrected chi connectivity index (χ2v) is 6.94.